The highest BCUT2D eigenvalue weighted by atomic mass is 14.8. The molecule has 2 nitrogen and oxygen atoms in total. The predicted molar refractivity (Wildman–Crippen MR) is 50.9 cm³/mol. The number of fused-ring (bicyclic) bond motifs is 1. The fraction of sp³-hybridized carbons (Fsp3) is 0.364. The summed E-state index contributed by atoms with van der Waals surface area (Å²) in [5.74, 6) is 0. The lowest BCUT2D eigenvalue weighted by Crippen LogP contribution is -2.33. The fourth-order valence-corrected chi connectivity index (χ4v) is 2.04. The number of benzene rings is 1. The van der Waals surface area contributed by atoms with Gasteiger partial charge in [0, 0.05) is 0 Å². The lowest BCUT2D eigenvalue weighted by atomic mass is 9.90. The first-order valence-corrected chi connectivity index (χ1v) is 4.50. The van der Waals surface area contributed by atoms with Crippen molar-refractivity contribution in [2.75, 3.05) is 0 Å². The van der Waals surface area contributed by atoms with Gasteiger partial charge in [0.25, 0.3) is 0 Å². The van der Waals surface area contributed by atoms with E-state index in [9.17, 15) is 0 Å². The van der Waals surface area contributed by atoms with Gasteiger partial charge in [-0.2, -0.15) is 5.26 Å². The van der Waals surface area contributed by atoms with Crippen molar-refractivity contribution < 1.29 is 0 Å². The summed E-state index contributed by atoms with van der Waals surface area (Å²) in [5.41, 5.74) is 8.24. The molecule has 0 spiro atoms. The average Bonchev–Trinajstić information content (AvgIpc) is 2.46. The monoisotopic (exact) mass is 172 g/mol. The van der Waals surface area contributed by atoms with Gasteiger partial charge in [-0.1, -0.05) is 24.3 Å². The quantitative estimate of drug-likeness (QED) is 0.701. The first-order chi connectivity index (χ1) is 6.26. The van der Waals surface area contributed by atoms with E-state index in [2.05, 4.69) is 12.1 Å². The zero-order chi connectivity index (χ0) is 9.31. The summed E-state index contributed by atoms with van der Waals surface area (Å²) in [7, 11) is 0. The van der Waals surface area contributed by atoms with Crippen LogP contribution in [0, 0.1) is 11.3 Å². The Morgan fingerprint density at radius 2 is 2.23 bits per heavy atom. The van der Waals surface area contributed by atoms with Crippen LogP contribution in [0.2, 0.25) is 0 Å². The van der Waals surface area contributed by atoms with Gasteiger partial charge in [0.15, 0.2) is 0 Å². The van der Waals surface area contributed by atoms with Gasteiger partial charge >= 0.3 is 0 Å². The lowest BCUT2D eigenvalue weighted by Gasteiger charge is -2.21. The Hall–Kier alpha value is -1.33. The van der Waals surface area contributed by atoms with Gasteiger partial charge in [-0.15, -0.1) is 0 Å². The molecule has 1 aliphatic rings. The van der Waals surface area contributed by atoms with E-state index in [0.29, 0.717) is 6.42 Å². The molecule has 66 valence electrons. The van der Waals surface area contributed by atoms with E-state index >= 15 is 0 Å². The molecule has 1 aromatic carbocycles. The van der Waals surface area contributed by atoms with Crippen molar-refractivity contribution in [1.82, 2.24) is 0 Å². The zero-order valence-corrected chi connectivity index (χ0v) is 7.46. The molecule has 0 saturated carbocycles. The Balaban J connectivity index is 2.44. The number of nitrogens with zero attached hydrogens (tertiary/aromatic N) is 1. The maximum Gasteiger partial charge on any atom is 0.0644 e. The number of nitriles is 1. The number of hydrogen-bond acceptors (Lipinski definition) is 2. The second-order valence-corrected chi connectivity index (χ2v) is 3.65. The van der Waals surface area contributed by atoms with Crippen LogP contribution >= 0.6 is 0 Å². The van der Waals surface area contributed by atoms with Crippen molar-refractivity contribution in [2.45, 2.75) is 24.8 Å². The maximum atomic E-state index is 8.69. The molecule has 1 unspecified atom stereocenters. The first kappa shape index (κ1) is 8.28. The molecule has 0 aliphatic heterocycles. The lowest BCUT2D eigenvalue weighted by molar-refractivity contribution is 0.452. The van der Waals surface area contributed by atoms with Gasteiger partial charge in [-0.25, -0.2) is 0 Å². The van der Waals surface area contributed by atoms with Gasteiger partial charge < -0.3 is 5.73 Å². The van der Waals surface area contributed by atoms with Crippen molar-refractivity contribution in [2.24, 2.45) is 5.73 Å². The minimum atomic E-state index is -0.384. The summed E-state index contributed by atoms with van der Waals surface area (Å²) in [6, 6.07) is 10.3. The van der Waals surface area contributed by atoms with Crippen molar-refractivity contribution in [3.63, 3.8) is 0 Å². The van der Waals surface area contributed by atoms with E-state index < -0.39 is 0 Å². The van der Waals surface area contributed by atoms with Crippen molar-refractivity contribution in [3.8, 4) is 6.07 Å². The molecule has 1 atom stereocenters. The van der Waals surface area contributed by atoms with Gasteiger partial charge in [-0.05, 0) is 24.0 Å². The fourth-order valence-electron chi connectivity index (χ4n) is 2.04. The van der Waals surface area contributed by atoms with Crippen LogP contribution in [0.15, 0.2) is 24.3 Å². The van der Waals surface area contributed by atoms with Crippen molar-refractivity contribution in [1.29, 1.82) is 5.26 Å². The highest BCUT2D eigenvalue weighted by molar-refractivity contribution is 5.38. The molecule has 2 rings (SSSR count). The Morgan fingerprint density at radius 1 is 1.46 bits per heavy atom. The molecular formula is C11H12N2. The molecule has 1 aromatic rings. The number of aryl methyl sites for hydroxylation is 1. The van der Waals surface area contributed by atoms with Gasteiger partial charge in [0.05, 0.1) is 18.0 Å². The smallest absolute Gasteiger partial charge is 0.0644 e. The van der Waals surface area contributed by atoms with Gasteiger partial charge in [-0.3, -0.25) is 0 Å². The molecule has 0 fully saturated rings. The second kappa shape index (κ2) is 2.86. The topological polar surface area (TPSA) is 49.8 Å². The summed E-state index contributed by atoms with van der Waals surface area (Å²) in [5, 5.41) is 8.69. The summed E-state index contributed by atoms with van der Waals surface area (Å²) < 4.78 is 0. The average molecular weight is 172 g/mol. The van der Waals surface area contributed by atoms with E-state index in [-0.39, 0.29) is 5.54 Å². The minimum absolute atomic E-state index is 0.384. The zero-order valence-electron chi connectivity index (χ0n) is 7.46. The van der Waals surface area contributed by atoms with Crippen LogP contribution in [0.25, 0.3) is 0 Å². The Kier molecular flexibility index (Phi) is 1.82. The van der Waals surface area contributed by atoms with Crippen LogP contribution in [0.3, 0.4) is 0 Å². The summed E-state index contributed by atoms with van der Waals surface area (Å²) in [6.07, 6.45) is 2.33. The molecular weight excluding hydrogens is 160 g/mol. The largest absolute Gasteiger partial charge is 0.321 e. The van der Waals surface area contributed by atoms with Crippen LogP contribution in [-0.4, -0.2) is 0 Å². The third-order valence-electron chi connectivity index (χ3n) is 2.79. The predicted octanol–water partition coefficient (Wildman–Crippen LogP) is 1.70. The normalized spacial score (nSPS) is 25.2. The van der Waals surface area contributed by atoms with Crippen LogP contribution in [0.4, 0.5) is 0 Å². The molecule has 0 radical (unpaired) electrons. The highest BCUT2D eigenvalue weighted by Crippen LogP contribution is 2.36. The van der Waals surface area contributed by atoms with Gasteiger partial charge in [0.1, 0.15) is 0 Å². The summed E-state index contributed by atoms with van der Waals surface area (Å²) in [6.45, 7) is 0. The SMILES string of the molecule is N#CCC1(N)CCc2ccccc21. The van der Waals surface area contributed by atoms with E-state index in [0.717, 1.165) is 18.4 Å². The van der Waals surface area contributed by atoms with Crippen LogP contribution in [-0.2, 0) is 12.0 Å². The van der Waals surface area contributed by atoms with E-state index in [1.807, 2.05) is 18.2 Å². The second-order valence-electron chi connectivity index (χ2n) is 3.65. The van der Waals surface area contributed by atoms with Crippen LogP contribution < -0.4 is 5.73 Å². The third-order valence-corrected chi connectivity index (χ3v) is 2.79. The van der Waals surface area contributed by atoms with Crippen LogP contribution in [0.1, 0.15) is 24.0 Å². The maximum absolute atomic E-state index is 8.69. The molecule has 1 aliphatic carbocycles. The Bertz CT molecular complexity index is 365. The molecule has 2 heteroatoms. The molecule has 0 aromatic heterocycles. The van der Waals surface area contributed by atoms with Crippen molar-refractivity contribution >= 4 is 0 Å². The van der Waals surface area contributed by atoms with E-state index in [4.69, 9.17) is 11.0 Å². The minimum Gasteiger partial charge on any atom is -0.321 e. The molecule has 0 saturated heterocycles. The molecule has 13 heavy (non-hydrogen) atoms. The standard InChI is InChI=1S/C11H12N2/c12-8-7-11(13)6-5-9-3-1-2-4-10(9)11/h1-4H,5-7,13H2. The third kappa shape index (κ3) is 1.22. The molecule has 0 bridgehead atoms. The number of nitrogens with two attached hydrogens (primary N) is 1. The van der Waals surface area contributed by atoms with E-state index in [1.54, 1.807) is 0 Å². The molecule has 0 heterocycles. The van der Waals surface area contributed by atoms with Crippen molar-refractivity contribution in [3.05, 3.63) is 35.4 Å². The molecule has 2 N–H and O–H groups in total. The summed E-state index contributed by atoms with van der Waals surface area (Å²) >= 11 is 0. The number of hydrogen-bond donors (Lipinski definition) is 1. The number of rotatable bonds is 1. The molecule has 0 amide bonds. The summed E-state index contributed by atoms with van der Waals surface area (Å²) in [4.78, 5) is 0. The van der Waals surface area contributed by atoms with Crippen LogP contribution in [0.5, 0.6) is 0 Å². The first-order valence-electron chi connectivity index (χ1n) is 4.50. The Morgan fingerprint density at radius 3 is 3.00 bits per heavy atom. The van der Waals surface area contributed by atoms with E-state index in [1.165, 1.54) is 5.56 Å². The highest BCUT2D eigenvalue weighted by Gasteiger charge is 2.34. The Labute approximate surface area is 78.0 Å². The van der Waals surface area contributed by atoms with Gasteiger partial charge in [0.2, 0.25) is 0 Å².